The van der Waals surface area contributed by atoms with Crippen LogP contribution in [0, 0.1) is 5.82 Å². The first-order chi connectivity index (χ1) is 8.04. The number of rotatable bonds is 5. The van der Waals surface area contributed by atoms with E-state index in [1.165, 1.54) is 12.1 Å². The van der Waals surface area contributed by atoms with Crippen LogP contribution in [0.3, 0.4) is 0 Å². The third-order valence-corrected chi connectivity index (χ3v) is 3.38. The van der Waals surface area contributed by atoms with E-state index < -0.39 is 5.82 Å². The second kappa shape index (κ2) is 7.11. The molecule has 17 heavy (non-hydrogen) atoms. The van der Waals surface area contributed by atoms with Crippen molar-refractivity contribution in [3.05, 3.63) is 34.1 Å². The predicted octanol–water partition coefficient (Wildman–Crippen LogP) is 3.88. The summed E-state index contributed by atoms with van der Waals surface area (Å²) in [5.41, 5.74) is 0.0823. The summed E-state index contributed by atoms with van der Waals surface area (Å²) in [6.45, 7) is 1.91. The number of hydrogen-bond donors (Lipinski definition) is 1. The quantitative estimate of drug-likeness (QED) is 0.787. The Morgan fingerprint density at radius 1 is 1.53 bits per heavy atom. The van der Waals surface area contributed by atoms with Crippen LogP contribution in [0.15, 0.2) is 22.7 Å². The molecule has 1 rings (SSSR count). The van der Waals surface area contributed by atoms with Crippen LogP contribution in [0.2, 0.25) is 0 Å². The van der Waals surface area contributed by atoms with Crippen molar-refractivity contribution in [2.45, 2.75) is 25.8 Å². The summed E-state index contributed by atoms with van der Waals surface area (Å²) in [5, 5.41) is 3.68. The van der Waals surface area contributed by atoms with Gasteiger partial charge in [0.1, 0.15) is 5.82 Å². The van der Waals surface area contributed by atoms with E-state index in [1.54, 1.807) is 6.07 Å². The second-order valence-corrected chi connectivity index (χ2v) is 5.54. The molecule has 0 heterocycles. The predicted molar refractivity (Wildman–Crippen MR) is 74.1 cm³/mol. The Balaban J connectivity index is 2.63. The fourth-order valence-corrected chi connectivity index (χ4v) is 2.09. The van der Waals surface area contributed by atoms with Gasteiger partial charge in [-0.3, -0.25) is 4.79 Å². The topological polar surface area (TPSA) is 29.1 Å². The number of nitrogens with one attached hydrogen (secondary N) is 1. The average Bonchev–Trinajstić information content (AvgIpc) is 2.26. The number of hydrogen-bond acceptors (Lipinski definition) is 1. The van der Waals surface area contributed by atoms with E-state index in [9.17, 15) is 9.18 Å². The van der Waals surface area contributed by atoms with Crippen molar-refractivity contribution in [2.75, 3.05) is 5.33 Å². The van der Waals surface area contributed by atoms with Crippen molar-refractivity contribution >= 4 is 37.8 Å². The van der Waals surface area contributed by atoms with Crippen molar-refractivity contribution < 1.29 is 9.18 Å². The zero-order chi connectivity index (χ0) is 12.8. The minimum absolute atomic E-state index is 0.0445. The maximum absolute atomic E-state index is 13.5. The van der Waals surface area contributed by atoms with E-state index >= 15 is 0 Å². The monoisotopic (exact) mass is 365 g/mol. The van der Waals surface area contributed by atoms with Gasteiger partial charge in [0.15, 0.2) is 0 Å². The van der Waals surface area contributed by atoms with Gasteiger partial charge in [-0.25, -0.2) is 4.39 Å². The molecule has 0 radical (unpaired) electrons. The molecule has 1 aromatic rings. The summed E-state index contributed by atoms with van der Waals surface area (Å²) in [6.07, 6.45) is 1.85. The third-order valence-electron chi connectivity index (χ3n) is 2.32. The average molecular weight is 367 g/mol. The minimum Gasteiger partial charge on any atom is -0.349 e. The van der Waals surface area contributed by atoms with E-state index in [2.05, 4.69) is 37.2 Å². The lowest BCUT2D eigenvalue weighted by Gasteiger charge is -2.13. The van der Waals surface area contributed by atoms with Gasteiger partial charge in [0.25, 0.3) is 5.91 Å². The number of alkyl halides is 1. The molecule has 1 aromatic carbocycles. The standard InChI is InChI=1S/C12H14Br2FNO/c1-8(3-2-6-13)16-12(17)10-5-4-9(14)7-11(10)15/h4-5,7-8H,2-3,6H2,1H3,(H,16,17). The first-order valence-electron chi connectivity index (χ1n) is 5.36. The highest BCUT2D eigenvalue weighted by Crippen LogP contribution is 2.15. The van der Waals surface area contributed by atoms with Crippen LogP contribution in [0.4, 0.5) is 4.39 Å². The molecule has 0 aromatic heterocycles. The third kappa shape index (κ3) is 4.76. The van der Waals surface area contributed by atoms with Gasteiger partial charge in [-0.05, 0) is 38.0 Å². The number of carbonyl (C=O) groups is 1. The first-order valence-corrected chi connectivity index (χ1v) is 7.28. The fourth-order valence-electron chi connectivity index (χ4n) is 1.43. The summed E-state index contributed by atoms with van der Waals surface area (Å²) in [4.78, 5) is 11.8. The van der Waals surface area contributed by atoms with Crippen LogP contribution in [0.5, 0.6) is 0 Å². The highest BCUT2D eigenvalue weighted by atomic mass is 79.9. The van der Waals surface area contributed by atoms with Gasteiger partial charge in [0.2, 0.25) is 0 Å². The Kier molecular flexibility index (Phi) is 6.12. The molecule has 0 saturated carbocycles. The SMILES string of the molecule is CC(CCCBr)NC(=O)c1ccc(Br)cc1F. The molecule has 0 aliphatic rings. The van der Waals surface area contributed by atoms with E-state index in [-0.39, 0.29) is 17.5 Å². The first kappa shape index (κ1) is 14.6. The molecule has 94 valence electrons. The molecule has 0 spiro atoms. The van der Waals surface area contributed by atoms with Crippen LogP contribution in [-0.2, 0) is 0 Å². The number of benzene rings is 1. The molecular weight excluding hydrogens is 353 g/mol. The summed E-state index contributed by atoms with van der Waals surface area (Å²) < 4.78 is 14.1. The Hall–Kier alpha value is -0.420. The van der Waals surface area contributed by atoms with Gasteiger partial charge in [0, 0.05) is 15.8 Å². The molecule has 0 saturated heterocycles. The highest BCUT2D eigenvalue weighted by Gasteiger charge is 2.13. The molecule has 0 aliphatic heterocycles. The molecule has 2 nitrogen and oxygen atoms in total. The Bertz CT molecular complexity index is 398. The van der Waals surface area contributed by atoms with Crippen molar-refractivity contribution in [3.63, 3.8) is 0 Å². The number of carbonyl (C=O) groups excluding carboxylic acids is 1. The molecule has 5 heteroatoms. The van der Waals surface area contributed by atoms with Crippen molar-refractivity contribution in [1.29, 1.82) is 0 Å². The number of halogens is 3. The van der Waals surface area contributed by atoms with Crippen LogP contribution in [0.25, 0.3) is 0 Å². The summed E-state index contributed by atoms with van der Waals surface area (Å²) in [5.74, 6) is -0.873. The van der Waals surface area contributed by atoms with Crippen molar-refractivity contribution in [1.82, 2.24) is 5.32 Å². The Labute approximate surface area is 117 Å². The van der Waals surface area contributed by atoms with Crippen LogP contribution in [-0.4, -0.2) is 17.3 Å². The van der Waals surface area contributed by atoms with E-state index in [0.717, 1.165) is 18.2 Å². The Morgan fingerprint density at radius 3 is 2.82 bits per heavy atom. The lowest BCUT2D eigenvalue weighted by Crippen LogP contribution is -2.33. The van der Waals surface area contributed by atoms with E-state index in [4.69, 9.17) is 0 Å². The molecule has 1 amide bonds. The van der Waals surface area contributed by atoms with Crippen LogP contribution in [0.1, 0.15) is 30.1 Å². The zero-order valence-electron chi connectivity index (χ0n) is 9.47. The molecule has 0 aliphatic carbocycles. The zero-order valence-corrected chi connectivity index (χ0v) is 12.6. The van der Waals surface area contributed by atoms with Crippen molar-refractivity contribution in [2.24, 2.45) is 0 Å². The molecule has 0 bridgehead atoms. The Morgan fingerprint density at radius 2 is 2.24 bits per heavy atom. The van der Waals surface area contributed by atoms with Crippen LogP contribution < -0.4 is 5.32 Å². The lowest BCUT2D eigenvalue weighted by atomic mass is 10.1. The summed E-state index contributed by atoms with van der Waals surface area (Å²) >= 11 is 6.48. The summed E-state index contributed by atoms with van der Waals surface area (Å²) in [6, 6.07) is 4.47. The molecule has 1 N–H and O–H groups in total. The van der Waals surface area contributed by atoms with Gasteiger partial charge >= 0.3 is 0 Å². The molecular formula is C12H14Br2FNO. The van der Waals surface area contributed by atoms with Gasteiger partial charge in [-0.1, -0.05) is 31.9 Å². The van der Waals surface area contributed by atoms with E-state index in [1.807, 2.05) is 6.92 Å². The maximum atomic E-state index is 13.5. The van der Waals surface area contributed by atoms with Gasteiger partial charge in [-0.2, -0.15) is 0 Å². The van der Waals surface area contributed by atoms with Crippen LogP contribution >= 0.6 is 31.9 Å². The van der Waals surface area contributed by atoms with Gasteiger partial charge in [0.05, 0.1) is 5.56 Å². The lowest BCUT2D eigenvalue weighted by molar-refractivity contribution is 0.0934. The smallest absolute Gasteiger partial charge is 0.254 e. The molecule has 1 unspecified atom stereocenters. The molecule has 0 fully saturated rings. The fraction of sp³-hybridized carbons (Fsp3) is 0.417. The normalized spacial score (nSPS) is 12.2. The largest absolute Gasteiger partial charge is 0.349 e. The van der Waals surface area contributed by atoms with Gasteiger partial charge < -0.3 is 5.32 Å². The van der Waals surface area contributed by atoms with Gasteiger partial charge in [-0.15, -0.1) is 0 Å². The van der Waals surface area contributed by atoms with E-state index in [0.29, 0.717) is 4.47 Å². The minimum atomic E-state index is -0.510. The maximum Gasteiger partial charge on any atom is 0.254 e. The second-order valence-electron chi connectivity index (χ2n) is 3.83. The number of amides is 1. The summed E-state index contributed by atoms with van der Waals surface area (Å²) in [7, 11) is 0. The highest BCUT2D eigenvalue weighted by molar-refractivity contribution is 9.10. The van der Waals surface area contributed by atoms with Crippen molar-refractivity contribution in [3.8, 4) is 0 Å². The molecule has 1 atom stereocenters.